The van der Waals surface area contributed by atoms with E-state index in [1.165, 1.54) is 0 Å². The number of carboxylic acids is 1. The molecular formula is C10H15N3O3. The first-order valence-corrected chi connectivity index (χ1v) is 5.30. The average molecular weight is 225 g/mol. The lowest BCUT2D eigenvalue weighted by atomic mass is 9.99. The van der Waals surface area contributed by atoms with Gasteiger partial charge in [0.1, 0.15) is 0 Å². The largest absolute Gasteiger partial charge is 0.481 e. The van der Waals surface area contributed by atoms with Crippen LogP contribution < -0.4 is 0 Å². The molecule has 88 valence electrons. The van der Waals surface area contributed by atoms with Crippen LogP contribution in [0.4, 0.5) is 0 Å². The highest BCUT2D eigenvalue weighted by Crippen LogP contribution is 2.24. The van der Waals surface area contributed by atoms with E-state index < -0.39 is 5.97 Å². The zero-order valence-electron chi connectivity index (χ0n) is 9.38. The van der Waals surface area contributed by atoms with E-state index >= 15 is 0 Å². The fourth-order valence-corrected chi connectivity index (χ4v) is 2.12. The molecule has 0 spiro atoms. The van der Waals surface area contributed by atoms with E-state index in [0.717, 1.165) is 6.54 Å². The van der Waals surface area contributed by atoms with Crippen LogP contribution in [0.25, 0.3) is 0 Å². The third kappa shape index (κ3) is 2.21. The summed E-state index contributed by atoms with van der Waals surface area (Å²) in [6.07, 6.45) is 0. The van der Waals surface area contributed by atoms with Gasteiger partial charge in [0.2, 0.25) is 5.89 Å². The number of likely N-dealkylation sites (tertiary alicyclic amines) is 1. The van der Waals surface area contributed by atoms with Gasteiger partial charge < -0.3 is 9.63 Å². The molecule has 1 aliphatic heterocycles. The highest BCUT2D eigenvalue weighted by atomic mass is 16.5. The van der Waals surface area contributed by atoms with Gasteiger partial charge in [0.25, 0.3) is 0 Å². The number of hydrogen-bond donors (Lipinski definition) is 1. The van der Waals surface area contributed by atoms with Crippen LogP contribution in [0.3, 0.4) is 0 Å². The Morgan fingerprint density at radius 2 is 2.38 bits per heavy atom. The van der Waals surface area contributed by atoms with Crippen molar-refractivity contribution >= 4 is 5.97 Å². The molecule has 1 fully saturated rings. The maximum Gasteiger partial charge on any atom is 0.308 e. The van der Waals surface area contributed by atoms with E-state index in [2.05, 4.69) is 10.1 Å². The van der Waals surface area contributed by atoms with Crippen LogP contribution >= 0.6 is 0 Å². The van der Waals surface area contributed by atoms with E-state index in [1.54, 1.807) is 6.92 Å². The quantitative estimate of drug-likeness (QED) is 0.808. The molecule has 0 saturated carbocycles. The molecule has 2 rings (SSSR count). The Hall–Kier alpha value is -1.43. The Labute approximate surface area is 93.2 Å². The second-order valence-corrected chi connectivity index (χ2v) is 4.35. The topological polar surface area (TPSA) is 79.5 Å². The fraction of sp³-hybridized carbons (Fsp3) is 0.700. The van der Waals surface area contributed by atoms with E-state index in [-0.39, 0.29) is 11.8 Å². The molecule has 2 heterocycles. The van der Waals surface area contributed by atoms with Gasteiger partial charge in [-0.15, -0.1) is 0 Å². The van der Waals surface area contributed by atoms with E-state index in [4.69, 9.17) is 9.63 Å². The molecule has 1 aromatic rings. The number of nitrogens with zero attached hydrogens (tertiary/aromatic N) is 3. The first kappa shape index (κ1) is 11.1. The van der Waals surface area contributed by atoms with Crippen LogP contribution in [-0.2, 0) is 11.3 Å². The standard InChI is InChI=1S/C10H15N3O3/c1-6-3-13(4-8(6)10(14)15)5-9-11-7(2)16-12-9/h6,8H,3-5H2,1-2H3,(H,14,15)/t6-,8-/m1/s1. The second-order valence-electron chi connectivity index (χ2n) is 4.35. The predicted octanol–water partition coefficient (Wildman–Crippen LogP) is 0.531. The Balaban J connectivity index is 1.96. The molecular weight excluding hydrogens is 210 g/mol. The van der Waals surface area contributed by atoms with Crippen molar-refractivity contribution in [3.8, 4) is 0 Å². The molecule has 1 aliphatic rings. The summed E-state index contributed by atoms with van der Waals surface area (Å²) < 4.78 is 4.87. The van der Waals surface area contributed by atoms with Crippen LogP contribution in [-0.4, -0.2) is 39.2 Å². The van der Waals surface area contributed by atoms with E-state index in [1.807, 2.05) is 11.8 Å². The van der Waals surface area contributed by atoms with Crippen LogP contribution in [0.1, 0.15) is 18.6 Å². The van der Waals surface area contributed by atoms with Gasteiger partial charge in [-0.3, -0.25) is 9.69 Å². The highest BCUT2D eigenvalue weighted by Gasteiger charge is 2.34. The zero-order valence-corrected chi connectivity index (χ0v) is 9.38. The molecule has 1 N–H and O–H groups in total. The van der Waals surface area contributed by atoms with E-state index in [9.17, 15) is 4.79 Å². The van der Waals surface area contributed by atoms with Crippen LogP contribution in [0.5, 0.6) is 0 Å². The lowest BCUT2D eigenvalue weighted by Gasteiger charge is -2.11. The fourth-order valence-electron chi connectivity index (χ4n) is 2.12. The summed E-state index contributed by atoms with van der Waals surface area (Å²) >= 11 is 0. The molecule has 16 heavy (non-hydrogen) atoms. The molecule has 0 amide bonds. The van der Waals surface area contributed by atoms with Crippen molar-refractivity contribution in [2.45, 2.75) is 20.4 Å². The monoisotopic (exact) mass is 225 g/mol. The van der Waals surface area contributed by atoms with Crippen molar-refractivity contribution in [2.75, 3.05) is 13.1 Å². The van der Waals surface area contributed by atoms with Gasteiger partial charge in [-0.05, 0) is 5.92 Å². The van der Waals surface area contributed by atoms with Crippen molar-refractivity contribution in [1.29, 1.82) is 0 Å². The van der Waals surface area contributed by atoms with Crippen molar-refractivity contribution < 1.29 is 14.4 Å². The predicted molar refractivity (Wildman–Crippen MR) is 54.6 cm³/mol. The summed E-state index contributed by atoms with van der Waals surface area (Å²) in [6.45, 7) is 5.59. The van der Waals surface area contributed by atoms with Gasteiger partial charge in [-0.25, -0.2) is 0 Å². The molecule has 0 aliphatic carbocycles. The summed E-state index contributed by atoms with van der Waals surface area (Å²) in [7, 11) is 0. The molecule has 6 heteroatoms. The molecule has 2 atom stereocenters. The zero-order chi connectivity index (χ0) is 11.7. The number of aryl methyl sites for hydroxylation is 1. The first-order valence-electron chi connectivity index (χ1n) is 5.30. The van der Waals surface area contributed by atoms with Crippen LogP contribution in [0.2, 0.25) is 0 Å². The Kier molecular flexibility index (Phi) is 2.91. The Morgan fingerprint density at radius 1 is 1.62 bits per heavy atom. The second kappa shape index (κ2) is 4.21. The van der Waals surface area contributed by atoms with Crippen molar-refractivity contribution in [1.82, 2.24) is 15.0 Å². The van der Waals surface area contributed by atoms with Gasteiger partial charge >= 0.3 is 5.97 Å². The minimum atomic E-state index is -0.723. The summed E-state index contributed by atoms with van der Waals surface area (Å²) in [4.78, 5) is 17.1. The third-order valence-electron chi connectivity index (χ3n) is 2.94. The molecule has 1 aromatic heterocycles. The number of hydrogen-bond acceptors (Lipinski definition) is 5. The molecule has 6 nitrogen and oxygen atoms in total. The van der Waals surface area contributed by atoms with Gasteiger partial charge in [0.05, 0.1) is 12.5 Å². The lowest BCUT2D eigenvalue weighted by Crippen LogP contribution is -2.23. The third-order valence-corrected chi connectivity index (χ3v) is 2.94. The lowest BCUT2D eigenvalue weighted by molar-refractivity contribution is -0.142. The normalized spacial score (nSPS) is 26.1. The number of carbonyl (C=O) groups is 1. The van der Waals surface area contributed by atoms with Crippen LogP contribution in [0.15, 0.2) is 4.52 Å². The SMILES string of the molecule is Cc1nc(CN2C[C@@H](C)[C@H](C(=O)O)C2)no1. The molecule has 0 unspecified atom stereocenters. The van der Waals surface area contributed by atoms with Gasteiger partial charge in [-0.2, -0.15) is 4.98 Å². The van der Waals surface area contributed by atoms with Gasteiger partial charge in [0, 0.05) is 20.0 Å². The summed E-state index contributed by atoms with van der Waals surface area (Å²) in [5, 5.41) is 12.8. The van der Waals surface area contributed by atoms with Crippen molar-refractivity contribution in [3.63, 3.8) is 0 Å². The number of aromatic nitrogens is 2. The minimum absolute atomic E-state index is 0.172. The average Bonchev–Trinajstić information content (AvgIpc) is 2.73. The molecule has 0 aromatic carbocycles. The summed E-state index contributed by atoms with van der Waals surface area (Å²) in [5.41, 5.74) is 0. The van der Waals surface area contributed by atoms with Gasteiger partial charge in [0.15, 0.2) is 5.82 Å². The first-order chi connectivity index (χ1) is 7.56. The van der Waals surface area contributed by atoms with Crippen molar-refractivity contribution in [3.05, 3.63) is 11.7 Å². The maximum absolute atomic E-state index is 10.9. The molecule has 0 bridgehead atoms. The smallest absolute Gasteiger partial charge is 0.308 e. The Bertz CT molecular complexity index is 390. The van der Waals surface area contributed by atoms with E-state index in [0.29, 0.717) is 24.8 Å². The summed E-state index contributed by atoms with van der Waals surface area (Å²) in [6, 6.07) is 0. The summed E-state index contributed by atoms with van der Waals surface area (Å²) in [5.74, 6) is 0.325. The molecule has 0 radical (unpaired) electrons. The Morgan fingerprint density at radius 3 is 2.88 bits per heavy atom. The number of carboxylic acid groups (broad SMARTS) is 1. The highest BCUT2D eigenvalue weighted by molar-refractivity contribution is 5.71. The maximum atomic E-state index is 10.9. The number of aliphatic carboxylic acids is 1. The van der Waals surface area contributed by atoms with Gasteiger partial charge in [-0.1, -0.05) is 12.1 Å². The van der Waals surface area contributed by atoms with Crippen molar-refractivity contribution in [2.24, 2.45) is 11.8 Å². The molecule has 1 saturated heterocycles. The number of rotatable bonds is 3. The van der Waals surface area contributed by atoms with Crippen LogP contribution in [0, 0.1) is 18.8 Å². The minimum Gasteiger partial charge on any atom is -0.481 e.